The third-order valence-electron chi connectivity index (χ3n) is 1.48. The Morgan fingerprint density at radius 1 is 1.67 bits per heavy atom. The fraction of sp³-hybridized carbons (Fsp3) is 0.375. The molecule has 0 bridgehead atoms. The van der Waals surface area contributed by atoms with Gasteiger partial charge in [-0.15, -0.1) is 0 Å². The van der Waals surface area contributed by atoms with Crippen molar-refractivity contribution in [3.8, 4) is 0 Å². The lowest BCUT2D eigenvalue weighted by atomic mass is 10.2. The van der Waals surface area contributed by atoms with Crippen LogP contribution >= 0.6 is 0 Å². The molecule has 0 aromatic carbocycles. The van der Waals surface area contributed by atoms with Gasteiger partial charge in [-0.25, -0.2) is 0 Å². The summed E-state index contributed by atoms with van der Waals surface area (Å²) in [4.78, 5) is 0. The van der Waals surface area contributed by atoms with Crippen LogP contribution in [0, 0.1) is 6.92 Å². The van der Waals surface area contributed by atoms with Crippen molar-refractivity contribution < 1.29 is 0 Å². The zero-order valence-corrected chi connectivity index (χ0v) is 5.80. The van der Waals surface area contributed by atoms with Gasteiger partial charge in [-0.2, -0.15) is 0 Å². The van der Waals surface area contributed by atoms with Crippen molar-refractivity contribution in [1.82, 2.24) is 4.57 Å². The first-order valence-corrected chi connectivity index (χ1v) is 3.24. The third kappa shape index (κ3) is 1.35. The molecule has 0 saturated carbocycles. The molecule has 0 saturated heterocycles. The minimum atomic E-state index is 0.984. The maximum Gasteiger partial charge on any atom is 0.0171 e. The second kappa shape index (κ2) is 2.72. The van der Waals surface area contributed by atoms with E-state index < -0.39 is 0 Å². The first-order chi connectivity index (χ1) is 4.34. The predicted octanol–water partition coefficient (Wildman–Crippen LogP) is 1.79. The second-order valence-corrected chi connectivity index (χ2v) is 2.21. The standard InChI is InChI=1S/C8H12N/c1-3-5-8-6-4-7-9(8)2/h4,6-7H,1,3,5H2,2H3. The van der Waals surface area contributed by atoms with Gasteiger partial charge in [0.1, 0.15) is 0 Å². The highest BCUT2D eigenvalue weighted by Crippen LogP contribution is 2.01. The maximum atomic E-state index is 3.79. The van der Waals surface area contributed by atoms with E-state index in [1.807, 2.05) is 0 Å². The van der Waals surface area contributed by atoms with Crippen LogP contribution < -0.4 is 0 Å². The quantitative estimate of drug-likeness (QED) is 0.563. The molecule has 1 heterocycles. The lowest BCUT2D eigenvalue weighted by Crippen LogP contribution is -1.92. The fourth-order valence-electron chi connectivity index (χ4n) is 0.937. The number of nitrogens with zero attached hydrogens (tertiary/aromatic N) is 1. The molecule has 0 aliphatic rings. The van der Waals surface area contributed by atoms with Gasteiger partial charge in [-0.1, -0.05) is 6.92 Å². The summed E-state index contributed by atoms with van der Waals surface area (Å²) in [6, 6.07) is 4.19. The Kier molecular flexibility index (Phi) is 1.93. The van der Waals surface area contributed by atoms with Crippen LogP contribution in [-0.4, -0.2) is 4.57 Å². The van der Waals surface area contributed by atoms with Crippen molar-refractivity contribution in [2.75, 3.05) is 0 Å². The lowest BCUT2D eigenvalue weighted by Gasteiger charge is -1.98. The lowest BCUT2D eigenvalue weighted by molar-refractivity contribution is 0.810. The van der Waals surface area contributed by atoms with Gasteiger partial charge in [0.05, 0.1) is 0 Å². The Hall–Kier alpha value is -0.720. The summed E-state index contributed by atoms with van der Waals surface area (Å²) >= 11 is 0. The molecule has 0 aliphatic heterocycles. The summed E-state index contributed by atoms with van der Waals surface area (Å²) < 4.78 is 2.13. The molecule has 0 spiro atoms. The van der Waals surface area contributed by atoms with Crippen LogP contribution in [0.25, 0.3) is 0 Å². The first kappa shape index (κ1) is 6.40. The van der Waals surface area contributed by atoms with E-state index in [0.717, 1.165) is 12.8 Å². The molecule has 1 aromatic heterocycles. The highest BCUT2D eigenvalue weighted by Gasteiger charge is 1.91. The van der Waals surface area contributed by atoms with Crippen molar-refractivity contribution in [2.24, 2.45) is 7.05 Å². The normalized spacial score (nSPS) is 10.0. The van der Waals surface area contributed by atoms with Crippen molar-refractivity contribution in [3.63, 3.8) is 0 Å². The van der Waals surface area contributed by atoms with Crippen molar-refractivity contribution >= 4 is 0 Å². The Balaban J connectivity index is 2.69. The summed E-state index contributed by atoms with van der Waals surface area (Å²) in [5.74, 6) is 0. The number of aromatic nitrogens is 1. The predicted molar refractivity (Wildman–Crippen MR) is 39.1 cm³/mol. The Morgan fingerprint density at radius 3 is 2.89 bits per heavy atom. The molecule has 1 radical (unpaired) electrons. The molecule has 0 aliphatic carbocycles. The van der Waals surface area contributed by atoms with Crippen LogP contribution in [0.5, 0.6) is 0 Å². The van der Waals surface area contributed by atoms with E-state index in [0.29, 0.717) is 0 Å². The fourth-order valence-corrected chi connectivity index (χ4v) is 0.937. The van der Waals surface area contributed by atoms with Crippen LogP contribution in [0.15, 0.2) is 18.3 Å². The van der Waals surface area contributed by atoms with E-state index in [1.54, 1.807) is 0 Å². The highest BCUT2D eigenvalue weighted by molar-refractivity contribution is 5.06. The highest BCUT2D eigenvalue weighted by atomic mass is 14.9. The zero-order chi connectivity index (χ0) is 6.69. The molecule has 49 valence electrons. The van der Waals surface area contributed by atoms with Crippen LogP contribution in [0.4, 0.5) is 0 Å². The SMILES string of the molecule is [CH2]CCc1cccn1C. The Morgan fingerprint density at radius 2 is 2.44 bits per heavy atom. The molecule has 1 aromatic rings. The van der Waals surface area contributed by atoms with Crippen LogP contribution in [-0.2, 0) is 13.5 Å². The summed E-state index contributed by atoms with van der Waals surface area (Å²) in [5, 5.41) is 0. The van der Waals surface area contributed by atoms with Gasteiger partial charge in [0, 0.05) is 18.9 Å². The molecular formula is C8H12N. The minimum Gasteiger partial charge on any atom is -0.354 e. The van der Waals surface area contributed by atoms with Crippen LogP contribution in [0.1, 0.15) is 12.1 Å². The average molecular weight is 122 g/mol. The summed E-state index contributed by atoms with van der Waals surface area (Å²) in [6.07, 6.45) is 4.13. The molecule has 1 rings (SSSR count). The van der Waals surface area contributed by atoms with E-state index in [2.05, 4.69) is 36.9 Å². The number of hydrogen-bond acceptors (Lipinski definition) is 0. The van der Waals surface area contributed by atoms with E-state index in [4.69, 9.17) is 0 Å². The van der Waals surface area contributed by atoms with Gasteiger partial charge < -0.3 is 4.57 Å². The van der Waals surface area contributed by atoms with Crippen molar-refractivity contribution in [2.45, 2.75) is 12.8 Å². The molecule has 1 heteroatoms. The first-order valence-electron chi connectivity index (χ1n) is 3.24. The monoisotopic (exact) mass is 122 g/mol. The number of rotatable bonds is 2. The van der Waals surface area contributed by atoms with E-state index in [-0.39, 0.29) is 0 Å². The molecule has 0 atom stereocenters. The molecule has 0 unspecified atom stereocenters. The van der Waals surface area contributed by atoms with Gasteiger partial charge in [-0.3, -0.25) is 0 Å². The van der Waals surface area contributed by atoms with Crippen molar-refractivity contribution in [3.05, 3.63) is 30.9 Å². The van der Waals surface area contributed by atoms with E-state index >= 15 is 0 Å². The molecular weight excluding hydrogens is 110 g/mol. The van der Waals surface area contributed by atoms with Crippen molar-refractivity contribution in [1.29, 1.82) is 0 Å². The Bertz CT molecular complexity index is 176. The zero-order valence-electron chi connectivity index (χ0n) is 5.80. The Labute approximate surface area is 56.3 Å². The molecule has 0 N–H and O–H groups in total. The summed E-state index contributed by atoms with van der Waals surface area (Å²) in [6.45, 7) is 3.79. The largest absolute Gasteiger partial charge is 0.354 e. The smallest absolute Gasteiger partial charge is 0.0171 e. The number of aryl methyl sites for hydroxylation is 2. The van der Waals surface area contributed by atoms with E-state index in [9.17, 15) is 0 Å². The maximum absolute atomic E-state index is 3.79. The molecule has 1 nitrogen and oxygen atoms in total. The van der Waals surface area contributed by atoms with E-state index in [1.165, 1.54) is 5.69 Å². The summed E-state index contributed by atoms with van der Waals surface area (Å²) in [5.41, 5.74) is 1.37. The topological polar surface area (TPSA) is 4.93 Å². The third-order valence-corrected chi connectivity index (χ3v) is 1.48. The van der Waals surface area contributed by atoms with Crippen LogP contribution in [0.2, 0.25) is 0 Å². The molecule has 0 fully saturated rings. The van der Waals surface area contributed by atoms with Gasteiger partial charge in [0.2, 0.25) is 0 Å². The average Bonchev–Trinajstić information content (AvgIpc) is 2.18. The van der Waals surface area contributed by atoms with Gasteiger partial charge in [-0.05, 0) is 25.0 Å². The minimum absolute atomic E-state index is 0.984. The van der Waals surface area contributed by atoms with Crippen LogP contribution in [0.3, 0.4) is 0 Å². The molecule has 9 heavy (non-hydrogen) atoms. The van der Waals surface area contributed by atoms with Gasteiger partial charge >= 0.3 is 0 Å². The molecule has 0 amide bonds. The summed E-state index contributed by atoms with van der Waals surface area (Å²) in [7, 11) is 2.06. The van der Waals surface area contributed by atoms with Gasteiger partial charge in [0.15, 0.2) is 0 Å². The second-order valence-electron chi connectivity index (χ2n) is 2.21. The number of hydrogen-bond donors (Lipinski definition) is 0. The van der Waals surface area contributed by atoms with Gasteiger partial charge in [0.25, 0.3) is 0 Å².